The lowest BCUT2D eigenvalue weighted by Crippen LogP contribution is -2.29. The second-order valence-electron chi connectivity index (χ2n) is 3.72. The lowest BCUT2D eigenvalue weighted by Gasteiger charge is -2.24. The van der Waals surface area contributed by atoms with Crippen molar-refractivity contribution in [3.8, 4) is 0 Å². The van der Waals surface area contributed by atoms with Gasteiger partial charge in [0.15, 0.2) is 0 Å². The van der Waals surface area contributed by atoms with E-state index in [1.54, 1.807) is 0 Å². The van der Waals surface area contributed by atoms with Crippen molar-refractivity contribution in [2.24, 2.45) is 5.41 Å². The van der Waals surface area contributed by atoms with Crippen LogP contribution < -0.4 is 0 Å². The topological polar surface area (TPSA) is 23.5 Å². The maximum absolute atomic E-state index is 8.62. The summed E-state index contributed by atoms with van der Waals surface area (Å²) in [6, 6.07) is 0. The molecule has 2 nitrogen and oxygen atoms in total. The van der Waals surface area contributed by atoms with Crippen LogP contribution in [0.25, 0.3) is 0 Å². The monoisotopic (exact) mass is 131 g/mol. The number of hydrogen-bond acceptors (Lipinski definition) is 2. The summed E-state index contributed by atoms with van der Waals surface area (Å²) in [5.41, 5.74) is 0.289. The zero-order chi connectivity index (χ0) is 7.49. The molecule has 0 rings (SSSR count). The number of rotatable bonds is 2. The summed E-state index contributed by atoms with van der Waals surface area (Å²) in [7, 11) is 1.91. The summed E-state index contributed by atoms with van der Waals surface area (Å²) < 4.78 is 0. The van der Waals surface area contributed by atoms with Gasteiger partial charge in [0.05, 0.1) is 6.73 Å². The second-order valence-corrected chi connectivity index (χ2v) is 3.72. The average molecular weight is 131 g/mol. The molecular formula is C7H17NO. The SMILES string of the molecule is CN(CO)CC(C)(C)C. The fourth-order valence-corrected chi connectivity index (χ4v) is 0.860. The molecule has 0 heterocycles. The third-order valence-corrected chi connectivity index (χ3v) is 0.986. The molecule has 0 aliphatic rings. The maximum Gasteiger partial charge on any atom is 0.0954 e. The van der Waals surface area contributed by atoms with Gasteiger partial charge in [0.1, 0.15) is 0 Å². The minimum atomic E-state index is 0.150. The van der Waals surface area contributed by atoms with E-state index < -0.39 is 0 Å². The molecule has 0 spiro atoms. The van der Waals surface area contributed by atoms with Crippen molar-refractivity contribution >= 4 is 0 Å². The van der Waals surface area contributed by atoms with Gasteiger partial charge in [0.25, 0.3) is 0 Å². The second kappa shape index (κ2) is 3.18. The van der Waals surface area contributed by atoms with Crippen molar-refractivity contribution in [2.45, 2.75) is 20.8 Å². The van der Waals surface area contributed by atoms with Gasteiger partial charge in [-0.2, -0.15) is 0 Å². The summed E-state index contributed by atoms with van der Waals surface area (Å²) in [6.07, 6.45) is 0. The molecule has 0 aromatic rings. The summed E-state index contributed by atoms with van der Waals surface area (Å²) in [5, 5.41) is 8.62. The van der Waals surface area contributed by atoms with Crippen molar-refractivity contribution in [3.05, 3.63) is 0 Å². The van der Waals surface area contributed by atoms with Crippen molar-refractivity contribution in [1.29, 1.82) is 0 Å². The van der Waals surface area contributed by atoms with Gasteiger partial charge in [-0.05, 0) is 12.5 Å². The van der Waals surface area contributed by atoms with E-state index in [0.717, 1.165) is 6.54 Å². The van der Waals surface area contributed by atoms with Crippen molar-refractivity contribution in [1.82, 2.24) is 4.90 Å². The van der Waals surface area contributed by atoms with E-state index in [9.17, 15) is 0 Å². The lowest BCUT2D eigenvalue weighted by molar-refractivity contribution is 0.100. The Bertz CT molecular complexity index is 75.5. The van der Waals surface area contributed by atoms with Crippen LogP contribution in [0.4, 0.5) is 0 Å². The highest BCUT2D eigenvalue weighted by atomic mass is 16.3. The molecular weight excluding hydrogens is 114 g/mol. The predicted molar refractivity (Wildman–Crippen MR) is 39.2 cm³/mol. The van der Waals surface area contributed by atoms with Gasteiger partial charge in [-0.25, -0.2) is 0 Å². The van der Waals surface area contributed by atoms with Crippen molar-refractivity contribution in [2.75, 3.05) is 20.3 Å². The first-order valence-corrected chi connectivity index (χ1v) is 3.25. The largest absolute Gasteiger partial charge is 0.381 e. The van der Waals surface area contributed by atoms with Gasteiger partial charge in [0, 0.05) is 6.54 Å². The molecule has 1 N–H and O–H groups in total. The highest BCUT2D eigenvalue weighted by Crippen LogP contribution is 2.13. The van der Waals surface area contributed by atoms with E-state index in [4.69, 9.17) is 5.11 Å². The Morgan fingerprint density at radius 3 is 1.89 bits per heavy atom. The van der Waals surface area contributed by atoms with Crippen LogP contribution >= 0.6 is 0 Å². The molecule has 56 valence electrons. The third-order valence-electron chi connectivity index (χ3n) is 0.986. The highest BCUT2D eigenvalue weighted by molar-refractivity contribution is 4.63. The van der Waals surface area contributed by atoms with E-state index >= 15 is 0 Å². The van der Waals surface area contributed by atoms with Crippen LogP contribution in [0.2, 0.25) is 0 Å². The molecule has 0 radical (unpaired) electrons. The fraction of sp³-hybridized carbons (Fsp3) is 1.00. The molecule has 0 aliphatic heterocycles. The van der Waals surface area contributed by atoms with Gasteiger partial charge >= 0.3 is 0 Å². The predicted octanol–water partition coefficient (Wildman–Crippen LogP) is 0.914. The minimum Gasteiger partial charge on any atom is -0.381 e. The molecule has 0 amide bonds. The van der Waals surface area contributed by atoms with Crippen molar-refractivity contribution in [3.63, 3.8) is 0 Å². The average Bonchev–Trinajstić information content (AvgIpc) is 1.62. The Hall–Kier alpha value is -0.0800. The fourth-order valence-electron chi connectivity index (χ4n) is 0.860. The normalized spacial score (nSPS) is 12.7. The Balaban J connectivity index is 3.47. The smallest absolute Gasteiger partial charge is 0.0954 e. The molecule has 0 aromatic carbocycles. The van der Waals surface area contributed by atoms with Crippen LogP contribution in [-0.4, -0.2) is 30.3 Å². The molecule has 9 heavy (non-hydrogen) atoms. The standard InChI is InChI=1S/C7H17NO/c1-7(2,3)5-8(4)6-9/h9H,5-6H2,1-4H3. The molecule has 0 saturated carbocycles. The first kappa shape index (κ1) is 8.92. The van der Waals surface area contributed by atoms with Gasteiger partial charge < -0.3 is 5.11 Å². The van der Waals surface area contributed by atoms with Gasteiger partial charge in [-0.1, -0.05) is 20.8 Å². The first-order chi connectivity index (χ1) is 3.95. The van der Waals surface area contributed by atoms with Gasteiger partial charge in [-0.15, -0.1) is 0 Å². The molecule has 0 unspecified atom stereocenters. The molecule has 0 aromatic heterocycles. The maximum atomic E-state index is 8.62. The quantitative estimate of drug-likeness (QED) is 0.563. The Morgan fingerprint density at radius 2 is 1.78 bits per heavy atom. The zero-order valence-electron chi connectivity index (χ0n) is 6.81. The van der Waals surface area contributed by atoms with Crippen LogP contribution in [-0.2, 0) is 0 Å². The lowest BCUT2D eigenvalue weighted by atomic mass is 9.97. The Kier molecular flexibility index (Phi) is 3.15. The molecule has 0 bridgehead atoms. The third kappa shape index (κ3) is 5.80. The van der Waals surface area contributed by atoms with E-state index in [1.165, 1.54) is 0 Å². The van der Waals surface area contributed by atoms with Gasteiger partial charge in [-0.3, -0.25) is 4.90 Å². The number of aliphatic hydroxyl groups is 1. The van der Waals surface area contributed by atoms with Crippen LogP contribution in [0.1, 0.15) is 20.8 Å². The summed E-state index contributed by atoms with van der Waals surface area (Å²) in [4.78, 5) is 1.89. The molecule has 0 saturated heterocycles. The Morgan fingerprint density at radius 1 is 1.33 bits per heavy atom. The van der Waals surface area contributed by atoms with Gasteiger partial charge in [0.2, 0.25) is 0 Å². The van der Waals surface area contributed by atoms with Crippen molar-refractivity contribution < 1.29 is 5.11 Å². The molecule has 0 atom stereocenters. The first-order valence-electron chi connectivity index (χ1n) is 3.25. The highest BCUT2D eigenvalue weighted by Gasteiger charge is 2.11. The summed E-state index contributed by atoms with van der Waals surface area (Å²) in [5.74, 6) is 0. The summed E-state index contributed by atoms with van der Waals surface area (Å²) in [6.45, 7) is 7.54. The molecule has 2 heteroatoms. The molecule has 0 aliphatic carbocycles. The van der Waals surface area contributed by atoms with Crippen LogP contribution in [0, 0.1) is 5.41 Å². The van der Waals surface area contributed by atoms with E-state index in [2.05, 4.69) is 20.8 Å². The summed E-state index contributed by atoms with van der Waals surface area (Å²) >= 11 is 0. The van der Waals surface area contributed by atoms with E-state index in [0.29, 0.717) is 0 Å². The van der Waals surface area contributed by atoms with E-state index in [-0.39, 0.29) is 12.1 Å². The van der Waals surface area contributed by atoms with Crippen LogP contribution in [0.5, 0.6) is 0 Å². The minimum absolute atomic E-state index is 0.150. The van der Waals surface area contributed by atoms with Crippen LogP contribution in [0.3, 0.4) is 0 Å². The number of aliphatic hydroxyl groups excluding tert-OH is 1. The van der Waals surface area contributed by atoms with E-state index in [1.807, 2.05) is 11.9 Å². The van der Waals surface area contributed by atoms with Crippen LogP contribution in [0.15, 0.2) is 0 Å². The number of hydrogen-bond donors (Lipinski definition) is 1. The Labute approximate surface area is 57.5 Å². The molecule has 0 fully saturated rings. The zero-order valence-corrected chi connectivity index (χ0v) is 6.81. The number of nitrogens with zero attached hydrogens (tertiary/aromatic N) is 1.